The summed E-state index contributed by atoms with van der Waals surface area (Å²) >= 11 is 0. The van der Waals surface area contributed by atoms with E-state index in [9.17, 15) is 19.3 Å². The summed E-state index contributed by atoms with van der Waals surface area (Å²) in [7, 11) is 0. The topological polar surface area (TPSA) is 84.5 Å². The first-order chi connectivity index (χ1) is 15.8. The molecule has 0 radical (unpaired) electrons. The van der Waals surface area contributed by atoms with Gasteiger partial charge < -0.3 is 4.90 Å². The Morgan fingerprint density at radius 3 is 2.36 bits per heavy atom. The molecule has 172 valence electrons. The van der Waals surface area contributed by atoms with E-state index in [0.717, 1.165) is 30.8 Å². The van der Waals surface area contributed by atoms with Gasteiger partial charge in [0.05, 0.1) is 11.5 Å². The Bertz CT molecular complexity index is 1170. The molecule has 1 aromatic heterocycles. The molecule has 0 N–H and O–H groups in total. The van der Waals surface area contributed by atoms with E-state index >= 15 is 0 Å². The van der Waals surface area contributed by atoms with Crippen LogP contribution in [0.5, 0.6) is 0 Å². The SMILES string of the molecule is Cc1nn(Cc2cccc(C(=O)N3CCN(Cc4ccc(F)cc4)CC3)c2)c(C)c1[N+](=O)[O-]. The zero-order valence-corrected chi connectivity index (χ0v) is 18.7. The highest BCUT2D eigenvalue weighted by Gasteiger charge is 2.24. The van der Waals surface area contributed by atoms with Gasteiger partial charge >= 0.3 is 5.69 Å². The van der Waals surface area contributed by atoms with Crippen molar-refractivity contribution in [2.24, 2.45) is 0 Å². The number of piperazine rings is 1. The van der Waals surface area contributed by atoms with Crippen molar-refractivity contribution in [2.75, 3.05) is 26.2 Å². The second-order valence-corrected chi connectivity index (χ2v) is 8.33. The van der Waals surface area contributed by atoms with Crippen LogP contribution in [0.2, 0.25) is 0 Å². The number of nitrogens with zero attached hydrogens (tertiary/aromatic N) is 5. The van der Waals surface area contributed by atoms with E-state index in [0.29, 0.717) is 36.6 Å². The smallest absolute Gasteiger partial charge is 0.312 e. The van der Waals surface area contributed by atoms with Crippen molar-refractivity contribution in [3.05, 3.63) is 92.5 Å². The molecule has 33 heavy (non-hydrogen) atoms. The highest BCUT2D eigenvalue weighted by Crippen LogP contribution is 2.23. The van der Waals surface area contributed by atoms with Gasteiger partial charge in [0.15, 0.2) is 0 Å². The maximum atomic E-state index is 13.1. The van der Waals surface area contributed by atoms with E-state index in [1.807, 2.05) is 23.1 Å². The summed E-state index contributed by atoms with van der Waals surface area (Å²) in [5, 5.41) is 15.5. The van der Waals surface area contributed by atoms with Crippen LogP contribution < -0.4 is 0 Å². The first-order valence-electron chi connectivity index (χ1n) is 10.8. The fourth-order valence-electron chi connectivity index (χ4n) is 4.22. The van der Waals surface area contributed by atoms with Crippen LogP contribution in [0, 0.1) is 29.8 Å². The van der Waals surface area contributed by atoms with Gasteiger partial charge in [0.2, 0.25) is 0 Å². The largest absolute Gasteiger partial charge is 0.336 e. The third kappa shape index (κ3) is 5.09. The lowest BCUT2D eigenvalue weighted by atomic mass is 10.1. The summed E-state index contributed by atoms with van der Waals surface area (Å²) in [4.78, 5) is 28.0. The van der Waals surface area contributed by atoms with E-state index in [2.05, 4.69) is 10.00 Å². The third-order valence-corrected chi connectivity index (χ3v) is 6.01. The second-order valence-electron chi connectivity index (χ2n) is 8.33. The number of carbonyl (C=O) groups is 1. The van der Waals surface area contributed by atoms with E-state index < -0.39 is 4.92 Å². The lowest BCUT2D eigenvalue weighted by molar-refractivity contribution is -0.386. The minimum absolute atomic E-state index is 0.0285. The summed E-state index contributed by atoms with van der Waals surface area (Å²) in [5.74, 6) is -0.273. The molecule has 2 aromatic carbocycles. The molecule has 1 aliphatic rings. The predicted octanol–water partition coefficient (Wildman–Crippen LogP) is 3.55. The average Bonchev–Trinajstić information content (AvgIpc) is 3.08. The van der Waals surface area contributed by atoms with Gasteiger partial charge in [0.1, 0.15) is 17.2 Å². The number of hydrogen-bond acceptors (Lipinski definition) is 5. The minimum Gasteiger partial charge on any atom is -0.336 e. The molecule has 2 heterocycles. The molecule has 1 aliphatic heterocycles. The van der Waals surface area contributed by atoms with E-state index in [4.69, 9.17) is 0 Å². The molecule has 1 saturated heterocycles. The van der Waals surface area contributed by atoms with Crippen LogP contribution in [0.3, 0.4) is 0 Å². The van der Waals surface area contributed by atoms with Gasteiger partial charge in [-0.2, -0.15) is 5.10 Å². The molecule has 0 spiro atoms. The Hall–Kier alpha value is -3.59. The number of amides is 1. The van der Waals surface area contributed by atoms with Gasteiger partial charge in [-0.05, 0) is 49.2 Å². The van der Waals surface area contributed by atoms with Crippen LogP contribution in [-0.4, -0.2) is 56.6 Å². The van der Waals surface area contributed by atoms with Gasteiger partial charge in [-0.3, -0.25) is 24.5 Å². The molecule has 3 aromatic rings. The standard InChI is InChI=1S/C24H26FN5O3/c1-17-23(30(32)33)18(2)29(26-17)16-20-4-3-5-21(14-20)24(31)28-12-10-27(11-13-28)15-19-6-8-22(25)9-7-19/h3-9,14H,10-13,15-16H2,1-2H3. The summed E-state index contributed by atoms with van der Waals surface area (Å²) in [6.45, 7) is 7.12. The normalized spacial score (nSPS) is 14.5. The molecule has 0 atom stereocenters. The Balaban J connectivity index is 1.39. The Morgan fingerprint density at radius 2 is 1.73 bits per heavy atom. The summed E-state index contributed by atoms with van der Waals surface area (Å²) in [5.41, 5.74) is 3.40. The van der Waals surface area contributed by atoms with Gasteiger partial charge in [0.25, 0.3) is 5.91 Å². The molecule has 9 heteroatoms. The van der Waals surface area contributed by atoms with Crippen molar-refractivity contribution in [3.8, 4) is 0 Å². The molecular formula is C24H26FN5O3. The third-order valence-electron chi connectivity index (χ3n) is 6.01. The Kier molecular flexibility index (Phi) is 6.50. The number of benzene rings is 2. The zero-order chi connectivity index (χ0) is 23.5. The molecule has 1 amide bonds. The lowest BCUT2D eigenvalue weighted by Gasteiger charge is -2.34. The number of aryl methyl sites for hydroxylation is 1. The Morgan fingerprint density at radius 1 is 1.03 bits per heavy atom. The lowest BCUT2D eigenvalue weighted by Crippen LogP contribution is -2.48. The fraction of sp³-hybridized carbons (Fsp3) is 0.333. The first kappa shape index (κ1) is 22.6. The zero-order valence-electron chi connectivity index (χ0n) is 18.7. The number of halogens is 1. The van der Waals surface area contributed by atoms with Crippen molar-refractivity contribution in [2.45, 2.75) is 26.9 Å². The van der Waals surface area contributed by atoms with Crippen LogP contribution in [0.25, 0.3) is 0 Å². The van der Waals surface area contributed by atoms with Crippen LogP contribution in [0.4, 0.5) is 10.1 Å². The van der Waals surface area contributed by atoms with Gasteiger partial charge in [0, 0.05) is 38.3 Å². The van der Waals surface area contributed by atoms with E-state index in [1.165, 1.54) is 12.1 Å². The predicted molar refractivity (Wildman–Crippen MR) is 121 cm³/mol. The number of hydrogen-bond donors (Lipinski definition) is 0. The summed E-state index contributed by atoms with van der Waals surface area (Å²) in [6, 6.07) is 13.8. The second kappa shape index (κ2) is 9.50. The molecule has 0 aliphatic carbocycles. The van der Waals surface area contributed by atoms with Crippen LogP contribution in [0.1, 0.15) is 32.9 Å². The fourth-order valence-corrected chi connectivity index (χ4v) is 4.22. The van der Waals surface area contributed by atoms with Crippen molar-refractivity contribution in [1.29, 1.82) is 0 Å². The van der Waals surface area contributed by atoms with Crippen molar-refractivity contribution in [1.82, 2.24) is 19.6 Å². The van der Waals surface area contributed by atoms with Gasteiger partial charge in [-0.15, -0.1) is 0 Å². The molecule has 0 saturated carbocycles. The summed E-state index contributed by atoms with van der Waals surface area (Å²) < 4.78 is 14.7. The molecule has 0 bridgehead atoms. The van der Waals surface area contributed by atoms with Gasteiger partial charge in [-0.25, -0.2) is 4.39 Å². The summed E-state index contributed by atoms with van der Waals surface area (Å²) in [6.07, 6.45) is 0. The van der Waals surface area contributed by atoms with Crippen LogP contribution >= 0.6 is 0 Å². The van der Waals surface area contributed by atoms with E-state index in [1.54, 1.807) is 36.7 Å². The van der Waals surface area contributed by atoms with Crippen LogP contribution in [0.15, 0.2) is 48.5 Å². The van der Waals surface area contributed by atoms with Crippen molar-refractivity contribution < 1.29 is 14.1 Å². The maximum absolute atomic E-state index is 13.1. The minimum atomic E-state index is -0.413. The number of aromatic nitrogens is 2. The maximum Gasteiger partial charge on any atom is 0.312 e. The first-order valence-corrected chi connectivity index (χ1v) is 10.8. The average molecular weight is 452 g/mol. The highest BCUT2D eigenvalue weighted by atomic mass is 19.1. The molecule has 1 fully saturated rings. The number of carbonyl (C=O) groups excluding carboxylic acids is 1. The Labute approximate surface area is 191 Å². The number of nitro groups is 1. The molecular weight excluding hydrogens is 425 g/mol. The monoisotopic (exact) mass is 451 g/mol. The molecule has 0 unspecified atom stereocenters. The highest BCUT2D eigenvalue weighted by molar-refractivity contribution is 5.94. The molecule has 4 rings (SSSR count). The van der Waals surface area contributed by atoms with Crippen molar-refractivity contribution >= 4 is 11.6 Å². The van der Waals surface area contributed by atoms with E-state index in [-0.39, 0.29) is 17.4 Å². The quantitative estimate of drug-likeness (QED) is 0.423. The van der Waals surface area contributed by atoms with Crippen molar-refractivity contribution in [3.63, 3.8) is 0 Å². The van der Waals surface area contributed by atoms with Crippen LogP contribution in [-0.2, 0) is 13.1 Å². The molecule has 8 nitrogen and oxygen atoms in total. The van der Waals surface area contributed by atoms with Gasteiger partial charge in [-0.1, -0.05) is 24.3 Å². The number of rotatable bonds is 6.